The van der Waals surface area contributed by atoms with Crippen molar-refractivity contribution in [1.29, 1.82) is 0 Å². The second-order valence-corrected chi connectivity index (χ2v) is 9.38. The molecule has 3 aromatic carbocycles. The van der Waals surface area contributed by atoms with Crippen molar-refractivity contribution >= 4 is 54.3 Å². The lowest BCUT2D eigenvalue weighted by Crippen LogP contribution is -2.36. The van der Waals surface area contributed by atoms with Crippen LogP contribution in [0.25, 0.3) is 42.3 Å². The molecule has 1 N–H and O–H groups in total. The molecule has 35 heavy (non-hydrogen) atoms. The molecule has 7 nitrogen and oxygen atoms in total. The molecule has 3 heterocycles. The molecule has 1 aliphatic rings. The third-order valence-corrected chi connectivity index (χ3v) is 7.40. The number of para-hydroxylation sites is 1. The fraction of sp³-hybridized carbons (Fsp3) is 0.185. The molecule has 6 rings (SSSR count). The van der Waals surface area contributed by atoms with Crippen LogP contribution in [0.5, 0.6) is 5.75 Å². The van der Waals surface area contributed by atoms with Gasteiger partial charge in [-0.2, -0.15) is 0 Å². The van der Waals surface area contributed by atoms with Crippen molar-refractivity contribution in [2.75, 3.05) is 37.8 Å². The zero-order chi connectivity index (χ0) is 23.9. The van der Waals surface area contributed by atoms with Gasteiger partial charge in [-0.1, -0.05) is 30.3 Å². The van der Waals surface area contributed by atoms with Gasteiger partial charge >= 0.3 is 5.97 Å². The summed E-state index contributed by atoms with van der Waals surface area (Å²) in [7, 11) is 0. The molecule has 1 aliphatic heterocycles. The molecule has 0 spiro atoms. The third-order valence-electron chi connectivity index (χ3n) is 6.19. The van der Waals surface area contributed by atoms with Crippen LogP contribution in [0.1, 0.15) is 0 Å². The summed E-state index contributed by atoms with van der Waals surface area (Å²) >= 11 is 1.60. The minimum atomic E-state index is -1.03. The standard InChI is InChI=1S/C27H21NO6S/c29-20-14-23(28-10-12-32-13-11-28)34-26-16(5-3-6-18(20)26)17-8-9-21(33-15-24(30)31)25-19-4-1-2-7-22(19)35-27(17)25/h1-9,14H,10-13,15H2,(H,30,31). The summed E-state index contributed by atoms with van der Waals surface area (Å²) in [4.78, 5) is 26.2. The van der Waals surface area contributed by atoms with Crippen LogP contribution in [0.2, 0.25) is 0 Å². The molecule has 1 fully saturated rings. The maximum Gasteiger partial charge on any atom is 0.341 e. The molecule has 0 bridgehead atoms. The summed E-state index contributed by atoms with van der Waals surface area (Å²) in [5.74, 6) is 0.0137. The quantitative estimate of drug-likeness (QED) is 0.368. The van der Waals surface area contributed by atoms with Gasteiger partial charge in [0.15, 0.2) is 17.9 Å². The van der Waals surface area contributed by atoms with Gasteiger partial charge in [0.1, 0.15) is 11.3 Å². The van der Waals surface area contributed by atoms with Crippen molar-refractivity contribution < 1.29 is 23.8 Å². The summed E-state index contributed by atoms with van der Waals surface area (Å²) in [5, 5.41) is 11.5. The molecule has 0 unspecified atom stereocenters. The Labute approximate surface area is 203 Å². The Balaban J connectivity index is 1.60. The number of morpholine rings is 1. The molecule has 0 saturated carbocycles. The van der Waals surface area contributed by atoms with E-state index in [-0.39, 0.29) is 5.43 Å². The zero-order valence-electron chi connectivity index (χ0n) is 18.7. The average molecular weight is 488 g/mol. The number of rotatable bonds is 5. The number of hydrogen-bond donors (Lipinski definition) is 1. The van der Waals surface area contributed by atoms with E-state index in [9.17, 15) is 9.59 Å². The van der Waals surface area contributed by atoms with Crippen LogP contribution in [0.3, 0.4) is 0 Å². The van der Waals surface area contributed by atoms with Crippen molar-refractivity contribution in [3.8, 4) is 16.9 Å². The first-order valence-corrected chi connectivity index (χ1v) is 12.1. The normalized spacial score (nSPS) is 14.1. The Morgan fingerprint density at radius 1 is 1.00 bits per heavy atom. The maximum absolute atomic E-state index is 13.0. The van der Waals surface area contributed by atoms with Crippen molar-refractivity contribution in [1.82, 2.24) is 0 Å². The van der Waals surface area contributed by atoms with Crippen molar-refractivity contribution in [3.63, 3.8) is 0 Å². The zero-order valence-corrected chi connectivity index (χ0v) is 19.5. The topological polar surface area (TPSA) is 89.2 Å². The highest BCUT2D eigenvalue weighted by Gasteiger charge is 2.20. The molecular formula is C27H21NO6S. The van der Waals surface area contributed by atoms with Crippen molar-refractivity contribution in [2.24, 2.45) is 0 Å². The first kappa shape index (κ1) is 21.6. The first-order chi connectivity index (χ1) is 17.1. The largest absolute Gasteiger partial charge is 0.481 e. The van der Waals surface area contributed by atoms with Crippen molar-refractivity contribution in [2.45, 2.75) is 0 Å². The average Bonchev–Trinajstić information content (AvgIpc) is 3.27. The second kappa shape index (κ2) is 8.72. The molecule has 0 aliphatic carbocycles. The van der Waals surface area contributed by atoms with Crippen LogP contribution in [-0.4, -0.2) is 44.0 Å². The lowest BCUT2D eigenvalue weighted by molar-refractivity contribution is -0.139. The van der Waals surface area contributed by atoms with Crippen LogP contribution in [0, 0.1) is 0 Å². The number of anilines is 1. The van der Waals surface area contributed by atoms with E-state index in [1.807, 2.05) is 47.4 Å². The molecule has 1 saturated heterocycles. The van der Waals surface area contributed by atoms with E-state index in [1.54, 1.807) is 29.5 Å². The highest BCUT2D eigenvalue weighted by molar-refractivity contribution is 7.26. The van der Waals surface area contributed by atoms with Gasteiger partial charge in [-0.3, -0.25) is 4.79 Å². The molecular weight excluding hydrogens is 466 g/mol. The van der Waals surface area contributed by atoms with Crippen LogP contribution >= 0.6 is 11.3 Å². The van der Waals surface area contributed by atoms with Crippen molar-refractivity contribution in [3.05, 3.63) is 70.9 Å². The van der Waals surface area contributed by atoms with E-state index in [4.69, 9.17) is 19.0 Å². The highest BCUT2D eigenvalue weighted by Crippen LogP contribution is 2.45. The van der Waals surface area contributed by atoms with E-state index >= 15 is 0 Å². The lowest BCUT2D eigenvalue weighted by atomic mass is 10.00. The number of benzene rings is 3. The van der Waals surface area contributed by atoms with Gasteiger partial charge in [-0.15, -0.1) is 11.3 Å². The molecule has 0 atom stereocenters. The lowest BCUT2D eigenvalue weighted by Gasteiger charge is -2.27. The summed E-state index contributed by atoms with van der Waals surface area (Å²) in [5.41, 5.74) is 2.14. The smallest absolute Gasteiger partial charge is 0.341 e. The van der Waals surface area contributed by atoms with Gasteiger partial charge in [0, 0.05) is 50.5 Å². The molecule has 176 valence electrons. The Hall–Kier alpha value is -3.88. The van der Waals surface area contributed by atoms with Gasteiger partial charge in [0.25, 0.3) is 0 Å². The highest BCUT2D eigenvalue weighted by atomic mass is 32.1. The molecule has 5 aromatic rings. The summed E-state index contributed by atoms with van der Waals surface area (Å²) in [6, 6.07) is 18.8. The van der Waals surface area contributed by atoms with Gasteiger partial charge in [0.2, 0.25) is 0 Å². The van der Waals surface area contributed by atoms with E-state index in [1.165, 1.54) is 0 Å². The Morgan fingerprint density at radius 2 is 1.80 bits per heavy atom. The number of ether oxygens (including phenoxy) is 2. The summed E-state index contributed by atoms with van der Waals surface area (Å²) < 4.78 is 19.5. The molecule has 8 heteroatoms. The van der Waals surface area contributed by atoms with E-state index in [0.29, 0.717) is 48.9 Å². The number of carboxylic acids is 1. The number of aliphatic carboxylic acids is 1. The second-order valence-electron chi connectivity index (χ2n) is 8.33. The Bertz CT molecular complexity index is 1650. The minimum Gasteiger partial charge on any atom is -0.481 e. The first-order valence-electron chi connectivity index (χ1n) is 11.3. The number of nitrogens with zero attached hydrogens (tertiary/aromatic N) is 1. The number of carbonyl (C=O) groups is 1. The Morgan fingerprint density at radius 3 is 2.63 bits per heavy atom. The predicted octanol–water partition coefficient (Wildman–Crippen LogP) is 5.13. The van der Waals surface area contributed by atoms with Gasteiger partial charge < -0.3 is 23.9 Å². The number of hydrogen-bond acceptors (Lipinski definition) is 7. The number of carboxylic acid groups (broad SMARTS) is 1. The predicted molar refractivity (Wildman–Crippen MR) is 137 cm³/mol. The molecule has 2 aromatic heterocycles. The fourth-order valence-corrected chi connectivity index (χ4v) is 5.83. The maximum atomic E-state index is 13.0. The van der Waals surface area contributed by atoms with Crippen LogP contribution in [-0.2, 0) is 9.53 Å². The molecule has 0 amide bonds. The monoisotopic (exact) mass is 487 g/mol. The van der Waals surface area contributed by atoms with Crippen LogP contribution in [0.15, 0.2) is 69.9 Å². The number of thiophene rings is 1. The summed E-state index contributed by atoms with van der Waals surface area (Å²) in [6.07, 6.45) is 0. The Kier molecular flexibility index (Phi) is 5.39. The van der Waals surface area contributed by atoms with E-state index in [0.717, 1.165) is 31.3 Å². The van der Waals surface area contributed by atoms with E-state index < -0.39 is 12.6 Å². The SMILES string of the molecule is O=C(O)COc1ccc(-c2cccc3c(=O)cc(N4CCOCC4)oc23)c2sc3ccccc3c12. The fourth-order valence-electron chi connectivity index (χ4n) is 4.59. The van der Waals surface area contributed by atoms with Gasteiger partial charge in [-0.05, 0) is 24.3 Å². The summed E-state index contributed by atoms with van der Waals surface area (Å²) in [6.45, 7) is 2.07. The molecule has 0 radical (unpaired) electrons. The third kappa shape index (κ3) is 3.80. The minimum absolute atomic E-state index is 0.0939. The van der Waals surface area contributed by atoms with Gasteiger partial charge in [0.05, 0.1) is 18.6 Å². The van der Waals surface area contributed by atoms with Crippen LogP contribution in [0.4, 0.5) is 5.88 Å². The van der Waals surface area contributed by atoms with Gasteiger partial charge in [-0.25, -0.2) is 4.79 Å². The van der Waals surface area contributed by atoms with Crippen LogP contribution < -0.4 is 15.1 Å². The van der Waals surface area contributed by atoms with E-state index in [2.05, 4.69) is 0 Å². The number of fused-ring (bicyclic) bond motifs is 4.